The minimum Gasteiger partial charge on any atom is -0.507 e. The second kappa shape index (κ2) is 15.0. The van der Waals surface area contributed by atoms with E-state index in [0.29, 0.717) is 27.8 Å². The number of benzene rings is 5. The van der Waals surface area contributed by atoms with E-state index in [-0.39, 0.29) is 76.3 Å². The Morgan fingerprint density at radius 1 is 0.439 bits per heavy atom. The van der Waals surface area contributed by atoms with Crippen LogP contribution < -0.4 is 4.57 Å². The molecule has 0 radical (unpaired) electrons. The third-order valence-electron chi connectivity index (χ3n) is 10.2. The molecule has 1 heterocycles. The molecule has 7 N–H and O–H groups in total. The standard InChI is InChI=1S/C43H37NO11S2/c1-44-12-10-25(11-13-44)8-9-26-14-31-17-29-6-2-4-27(39(29)45)16-28-5-3-7-30(40(28)46)18-33-21-37(56(50,51)52)23-35(42(33)48)20-36-24-38(57(53,54)55)22-34(43(36)49)19-32(15-26)41(31)47/h2-15,21-24H,16-20H2,1H3,(H6,45,46,48,49,50,51,52,53,54,55)/p+1. The number of para-hydroxylation sites is 2. The Morgan fingerprint density at radius 2 is 0.719 bits per heavy atom. The molecule has 0 saturated heterocycles. The molecule has 1 aliphatic rings. The van der Waals surface area contributed by atoms with E-state index in [4.69, 9.17) is 0 Å². The van der Waals surface area contributed by atoms with E-state index in [0.717, 1.165) is 29.8 Å². The highest BCUT2D eigenvalue weighted by Gasteiger charge is 2.24. The number of hydrogen-bond acceptors (Lipinski definition) is 9. The SMILES string of the molecule is C[n+]1ccc(/C=C/c2cc3c(O)c(c2)Cc2cc(S(=O)(=O)O)cc(c2O)Cc2cc(S(=O)(=O)O)cc(c2O)Cc2cccc(c2O)Cc2cccc(c2O)C3)cc1. The highest BCUT2D eigenvalue weighted by atomic mass is 32.2. The molecular weight excluding hydrogens is 771 g/mol. The summed E-state index contributed by atoms with van der Waals surface area (Å²) in [5.41, 5.74) is 3.41. The van der Waals surface area contributed by atoms with Crippen molar-refractivity contribution in [2.24, 2.45) is 7.05 Å². The first-order valence-corrected chi connectivity index (χ1v) is 20.5. The number of aromatic hydroxyl groups is 5. The molecule has 0 spiro atoms. The van der Waals surface area contributed by atoms with Crippen LogP contribution in [0.4, 0.5) is 0 Å². The number of phenolic OH excluding ortho intramolecular Hbond substituents is 5. The molecule has 1 aromatic heterocycles. The van der Waals surface area contributed by atoms with Crippen LogP contribution in [-0.2, 0) is 59.4 Å². The Hall–Kier alpha value is -6.19. The van der Waals surface area contributed by atoms with E-state index in [1.165, 1.54) is 0 Å². The Morgan fingerprint density at radius 3 is 1.07 bits per heavy atom. The molecule has 292 valence electrons. The van der Waals surface area contributed by atoms with Crippen molar-refractivity contribution in [2.75, 3.05) is 0 Å². The molecule has 6 aromatic rings. The first-order chi connectivity index (χ1) is 26.9. The number of aryl methyl sites for hydroxylation is 1. The lowest BCUT2D eigenvalue weighted by molar-refractivity contribution is -0.671. The first kappa shape index (κ1) is 39.1. The van der Waals surface area contributed by atoms with Crippen LogP contribution in [0.3, 0.4) is 0 Å². The Bertz CT molecular complexity index is 2830. The van der Waals surface area contributed by atoms with Crippen molar-refractivity contribution < 1.29 is 56.0 Å². The zero-order chi connectivity index (χ0) is 40.8. The molecule has 14 heteroatoms. The van der Waals surface area contributed by atoms with Gasteiger partial charge in [0.15, 0.2) is 12.4 Å². The summed E-state index contributed by atoms with van der Waals surface area (Å²) in [6.45, 7) is 0. The molecule has 12 nitrogen and oxygen atoms in total. The van der Waals surface area contributed by atoms with Crippen LogP contribution in [0, 0.1) is 0 Å². The largest absolute Gasteiger partial charge is 0.507 e. The van der Waals surface area contributed by atoms with E-state index >= 15 is 0 Å². The van der Waals surface area contributed by atoms with Gasteiger partial charge in [-0.2, -0.15) is 16.8 Å². The molecule has 0 unspecified atom stereocenters. The highest BCUT2D eigenvalue weighted by molar-refractivity contribution is 7.86. The van der Waals surface area contributed by atoms with Gasteiger partial charge in [-0.3, -0.25) is 9.11 Å². The van der Waals surface area contributed by atoms with Crippen LogP contribution in [0.25, 0.3) is 12.2 Å². The van der Waals surface area contributed by atoms with Crippen LogP contribution >= 0.6 is 0 Å². The molecule has 57 heavy (non-hydrogen) atoms. The second-order valence-corrected chi connectivity index (χ2v) is 17.0. The van der Waals surface area contributed by atoms with Gasteiger partial charge in [-0.15, -0.1) is 0 Å². The van der Waals surface area contributed by atoms with Gasteiger partial charge in [-0.1, -0.05) is 48.6 Å². The summed E-state index contributed by atoms with van der Waals surface area (Å²) in [6, 6.07) is 21.2. The maximum atomic E-state index is 12.6. The van der Waals surface area contributed by atoms with Gasteiger partial charge < -0.3 is 25.5 Å². The molecule has 0 fully saturated rings. The summed E-state index contributed by atoms with van der Waals surface area (Å²) in [7, 11) is -7.88. The van der Waals surface area contributed by atoms with Crippen molar-refractivity contribution >= 4 is 32.4 Å². The summed E-state index contributed by atoms with van der Waals surface area (Å²) in [4.78, 5) is -1.23. The van der Waals surface area contributed by atoms with Gasteiger partial charge in [0.25, 0.3) is 20.2 Å². The minimum absolute atomic E-state index is 0.0239. The third kappa shape index (κ3) is 8.34. The van der Waals surface area contributed by atoms with Crippen molar-refractivity contribution in [3.8, 4) is 28.7 Å². The Labute approximate surface area is 329 Å². The fourth-order valence-electron chi connectivity index (χ4n) is 7.15. The van der Waals surface area contributed by atoms with Gasteiger partial charge in [-0.05, 0) is 80.9 Å². The predicted octanol–water partition coefficient (Wildman–Crippen LogP) is 5.97. The van der Waals surface area contributed by atoms with E-state index in [1.54, 1.807) is 48.5 Å². The van der Waals surface area contributed by atoms with E-state index in [9.17, 15) is 51.5 Å². The molecular formula is C43H38NO11S2+. The molecule has 0 aliphatic heterocycles. The topological polar surface area (TPSA) is 214 Å². The number of pyridine rings is 1. The predicted molar refractivity (Wildman–Crippen MR) is 211 cm³/mol. The van der Waals surface area contributed by atoms with Crippen molar-refractivity contribution in [2.45, 2.75) is 41.9 Å². The van der Waals surface area contributed by atoms with Crippen LogP contribution in [0.1, 0.15) is 66.8 Å². The lowest BCUT2D eigenvalue weighted by Gasteiger charge is -2.18. The quantitative estimate of drug-likeness (QED) is 0.0813. The maximum absolute atomic E-state index is 12.6. The van der Waals surface area contributed by atoms with Gasteiger partial charge in [0.1, 0.15) is 35.8 Å². The molecule has 0 atom stereocenters. The van der Waals surface area contributed by atoms with E-state index in [2.05, 4.69) is 0 Å². The fraction of sp³-hybridized carbons (Fsp3) is 0.140. The molecule has 7 rings (SSSR count). The minimum atomic E-state index is -4.90. The molecule has 1 aliphatic carbocycles. The number of rotatable bonds is 4. The second-order valence-electron chi connectivity index (χ2n) is 14.2. The summed E-state index contributed by atoms with van der Waals surface area (Å²) < 4.78 is 72.2. The highest BCUT2D eigenvalue weighted by Crippen LogP contribution is 2.40. The number of hydrogen-bond donors (Lipinski definition) is 7. The normalized spacial score (nSPS) is 13.4. The smallest absolute Gasteiger partial charge is 0.294 e. The van der Waals surface area contributed by atoms with Crippen molar-refractivity contribution in [1.29, 1.82) is 0 Å². The summed E-state index contributed by atoms with van der Waals surface area (Å²) in [5, 5.41) is 58.0. The summed E-state index contributed by atoms with van der Waals surface area (Å²) in [6.07, 6.45) is 6.62. The first-order valence-electron chi connectivity index (χ1n) is 17.7. The Balaban J connectivity index is 1.48. The summed E-state index contributed by atoms with van der Waals surface area (Å²) >= 11 is 0. The average molecular weight is 809 g/mol. The van der Waals surface area contributed by atoms with Crippen LogP contribution in [0.2, 0.25) is 0 Å². The molecule has 0 amide bonds. The third-order valence-corrected chi connectivity index (χ3v) is 11.8. The van der Waals surface area contributed by atoms with Gasteiger partial charge in [0.05, 0.1) is 9.79 Å². The van der Waals surface area contributed by atoms with Crippen molar-refractivity contribution in [3.05, 3.63) is 164 Å². The lowest BCUT2D eigenvalue weighted by atomic mass is 9.90. The fourth-order valence-corrected chi connectivity index (χ4v) is 8.31. The van der Waals surface area contributed by atoms with Gasteiger partial charge in [0.2, 0.25) is 0 Å². The molecule has 5 aromatic carbocycles. The molecule has 10 bridgehead atoms. The van der Waals surface area contributed by atoms with Gasteiger partial charge in [0, 0.05) is 66.5 Å². The lowest BCUT2D eigenvalue weighted by Crippen LogP contribution is -2.25. The zero-order valence-corrected chi connectivity index (χ0v) is 32.1. The van der Waals surface area contributed by atoms with E-state index < -0.39 is 47.9 Å². The number of phenols is 5. The van der Waals surface area contributed by atoms with Crippen LogP contribution in [0.5, 0.6) is 28.7 Å². The Kier molecular flexibility index (Phi) is 10.3. The maximum Gasteiger partial charge on any atom is 0.294 e. The van der Waals surface area contributed by atoms with Gasteiger partial charge >= 0.3 is 0 Å². The number of fused-ring (bicyclic) bond motifs is 10. The van der Waals surface area contributed by atoms with Crippen LogP contribution in [0.15, 0.2) is 107 Å². The zero-order valence-electron chi connectivity index (χ0n) is 30.5. The van der Waals surface area contributed by atoms with Gasteiger partial charge in [-0.25, -0.2) is 4.57 Å². The average Bonchev–Trinajstić information content (AvgIpc) is 3.14. The summed E-state index contributed by atoms with van der Waals surface area (Å²) in [5.74, 6) is -1.40. The monoisotopic (exact) mass is 808 g/mol. The molecule has 0 saturated carbocycles. The van der Waals surface area contributed by atoms with Crippen LogP contribution in [-0.4, -0.2) is 51.5 Å². The number of nitrogens with zero attached hydrogens (tertiary/aromatic N) is 1. The number of aromatic nitrogens is 1. The van der Waals surface area contributed by atoms with Crippen molar-refractivity contribution in [3.63, 3.8) is 0 Å². The van der Waals surface area contributed by atoms with Crippen molar-refractivity contribution in [1.82, 2.24) is 0 Å². The van der Waals surface area contributed by atoms with E-state index in [1.807, 2.05) is 48.3 Å².